The van der Waals surface area contributed by atoms with Crippen molar-refractivity contribution >= 4 is 48.6 Å². The van der Waals surface area contributed by atoms with E-state index >= 15 is 0 Å². The van der Waals surface area contributed by atoms with Gasteiger partial charge in [-0.15, -0.1) is 0 Å². The van der Waals surface area contributed by atoms with Crippen LogP contribution >= 0.6 is 11.6 Å². The van der Waals surface area contributed by atoms with E-state index in [0.29, 0.717) is 5.69 Å². The zero-order chi connectivity index (χ0) is 16.3. The number of nitrogens with two attached hydrogens (primary N) is 1. The fraction of sp³-hybridized carbons (Fsp3) is 0.364. The molecule has 0 aliphatic carbocycles. The quantitative estimate of drug-likeness (QED) is 0.709. The van der Waals surface area contributed by atoms with Gasteiger partial charge < -0.3 is 11.1 Å². The second-order valence-corrected chi connectivity index (χ2v) is 9.36. The molecule has 0 radical (unpaired) electrons. The lowest BCUT2D eigenvalue weighted by Gasteiger charge is -2.08. The average Bonchev–Trinajstić information content (AvgIpc) is 2.29. The smallest absolute Gasteiger partial charge is 0.239 e. The van der Waals surface area contributed by atoms with Crippen molar-refractivity contribution in [2.24, 2.45) is 0 Å². The minimum absolute atomic E-state index is 0.178. The van der Waals surface area contributed by atoms with E-state index < -0.39 is 42.8 Å². The number of halogens is 1. The molecule has 1 aromatic rings. The number of carbonyl (C=O) groups is 1. The van der Waals surface area contributed by atoms with Gasteiger partial charge in [0.2, 0.25) is 5.91 Å². The molecular weight excluding hydrogens is 340 g/mol. The van der Waals surface area contributed by atoms with Crippen LogP contribution in [0.3, 0.4) is 0 Å². The molecule has 118 valence electrons. The number of hydrogen-bond donors (Lipinski definition) is 2. The number of amides is 1. The van der Waals surface area contributed by atoms with Crippen LogP contribution < -0.4 is 11.1 Å². The van der Waals surface area contributed by atoms with E-state index in [4.69, 9.17) is 17.3 Å². The van der Waals surface area contributed by atoms with Gasteiger partial charge in [-0.1, -0.05) is 11.6 Å². The zero-order valence-corrected chi connectivity index (χ0v) is 13.6. The Labute approximate surface area is 128 Å². The highest BCUT2D eigenvalue weighted by atomic mass is 35.5. The second kappa shape index (κ2) is 6.63. The highest BCUT2D eigenvalue weighted by Crippen LogP contribution is 2.23. The van der Waals surface area contributed by atoms with E-state index in [0.717, 1.165) is 6.26 Å². The molecule has 0 saturated carbocycles. The Hall–Kier alpha value is -1.32. The minimum atomic E-state index is -3.81. The van der Waals surface area contributed by atoms with Gasteiger partial charge in [-0.25, -0.2) is 16.8 Å². The predicted molar refractivity (Wildman–Crippen MR) is 82.9 cm³/mol. The second-order valence-electron chi connectivity index (χ2n) is 4.51. The number of nitrogen functional groups attached to an aromatic ring is 1. The summed E-state index contributed by atoms with van der Waals surface area (Å²) in [5.74, 6) is -2.74. The van der Waals surface area contributed by atoms with E-state index in [9.17, 15) is 21.6 Å². The minimum Gasteiger partial charge on any atom is -0.399 e. The third kappa shape index (κ3) is 6.78. The van der Waals surface area contributed by atoms with E-state index in [2.05, 4.69) is 5.32 Å². The molecule has 1 rings (SSSR count). The Morgan fingerprint density at radius 3 is 2.38 bits per heavy atom. The van der Waals surface area contributed by atoms with Gasteiger partial charge in [-0.2, -0.15) is 0 Å². The van der Waals surface area contributed by atoms with Crippen LogP contribution in [0.4, 0.5) is 11.4 Å². The number of benzene rings is 1. The Morgan fingerprint density at radius 2 is 1.86 bits per heavy atom. The van der Waals surface area contributed by atoms with Gasteiger partial charge in [0.25, 0.3) is 0 Å². The lowest BCUT2D eigenvalue weighted by atomic mass is 10.3. The molecule has 0 heterocycles. The Bertz CT molecular complexity index is 744. The molecule has 1 amide bonds. The highest BCUT2D eigenvalue weighted by Gasteiger charge is 2.19. The van der Waals surface area contributed by atoms with Gasteiger partial charge in [0.05, 0.1) is 22.2 Å². The van der Waals surface area contributed by atoms with E-state index in [-0.39, 0.29) is 10.7 Å². The molecule has 0 unspecified atom stereocenters. The zero-order valence-electron chi connectivity index (χ0n) is 11.2. The lowest BCUT2D eigenvalue weighted by Crippen LogP contribution is -2.27. The summed E-state index contributed by atoms with van der Waals surface area (Å²) in [6.45, 7) is 0. The number of carbonyl (C=O) groups excluding carboxylic acids is 1. The van der Waals surface area contributed by atoms with E-state index in [1.807, 2.05) is 0 Å². The largest absolute Gasteiger partial charge is 0.399 e. The van der Waals surface area contributed by atoms with Crippen molar-refractivity contribution in [3.05, 3.63) is 23.2 Å². The van der Waals surface area contributed by atoms with Gasteiger partial charge >= 0.3 is 0 Å². The molecule has 0 aliphatic heterocycles. The van der Waals surface area contributed by atoms with E-state index in [1.165, 1.54) is 18.2 Å². The number of hydrogen-bond acceptors (Lipinski definition) is 6. The first kappa shape index (κ1) is 17.7. The lowest BCUT2D eigenvalue weighted by molar-refractivity contribution is -0.113. The van der Waals surface area contributed by atoms with Gasteiger partial charge in [0, 0.05) is 11.9 Å². The molecule has 10 heteroatoms. The molecular formula is C11H15ClN2O5S2. The van der Waals surface area contributed by atoms with E-state index in [1.54, 1.807) is 0 Å². The summed E-state index contributed by atoms with van der Waals surface area (Å²) in [5.41, 5.74) is 6.12. The van der Waals surface area contributed by atoms with Crippen LogP contribution in [0.2, 0.25) is 5.02 Å². The molecule has 0 atom stereocenters. The fourth-order valence-electron chi connectivity index (χ4n) is 1.37. The third-order valence-corrected chi connectivity index (χ3v) is 5.43. The van der Waals surface area contributed by atoms with Crippen LogP contribution in [-0.2, 0) is 24.5 Å². The molecule has 7 nitrogen and oxygen atoms in total. The Balaban J connectivity index is 2.68. The third-order valence-electron chi connectivity index (χ3n) is 2.38. The van der Waals surface area contributed by atoms with Crippen LogP contribution in [0.5, 0.6) is 0 Å². The summed E-state index contributed by atoms with van der Waals surface area (Å²) in [7, 11) is -7.22. The summed E-state index contributed by atoms with van der Waals surface area (Å²) in [4.78, 5) is 11.7. The fourth-order valence-corrected chi connectivity index (χ4v) is 4.45. The van der Waals surface area contributed by atoms with Crippen molar-refractivity contribution in [2.75, 3.05) is 34.6 Å². The molecule has 0 saturated heterocycles. The molecule has 0 aliphatic rings. The maximum atomic E-state index is 11.7. The van der Waals surface area contributed by atoms with Crippen molar-refractivity contribution < 1.29 is 21.6 Å². The molecule has 21 heavy (non-hydrogen) atoms. The Morgan fingerprint density at radius 1 is 1.24 bits per heavy atom. The summed E-state index contributed by atoms with van der Waals surface area (Å²) >= 11 is 5.84. The first-order valence-electron chi connectivity index (χ1n) is 5.71. The summed E-state index contributed by atoms with van der Waals surface area (Å²) in [5, 5.41) is 2.51. The standard InChI is InChI=1S/C11H15ClN2O5S2/c1-20(16,17)4-5-21(18,19)7-11(15)14-10-3-2-8(13)6-9(10)12/h2-3,6H,4-5,7,13H2,1H3,(H,14,15). The molecule has 3 N–H and O–H groups in total. The van der Waals surface area contributed by atoms with Gasteiger partial charge in [0.1, 0.15) is 15.6 Å². The van der Waals surface area contributed by atoms with Gasteiger partial charge in [-0.05, 0) is 18.2 Å². The number of rotatable bonds is 6. The summed E-state index contributed by atoms with van der Waals surface area (Å²) < 4.78 is 45.2. The van der Waals surface area contributed by atoms with Crippen molar-refractivity contribution in [1.29, 1.82) is 0 Å². The summed E-state index contributed by atoms with van der Waals surface area (Å²) in [6, 6.07) is 4.35. The van der Waals surface area contributed by atoms with Crippen molar-refractivity contribution in [3.8, 4) is 0 Å². The number of sulfone groups is 2. The van der Waals surface area contributed by atoms with Crippen molar-refractivity contribution in [1.82, 2.24) is 0 Å². The van der Waals surface area contributed by atoms with Crippen molar-refractivity contribution in [3.63, 3.8) is 0 Å². The van der Waals surface area contributed by atoms with Gasteiger partial charge in [-0.3, -0.25) is 4.79 Å². The molecule has 0 aromatic heterocycles. The number of nitrogens with one attached hydrogen (secondary N) is 1. The van der Waals surface area contributed by atoms with Crippen LogP contribution in [-0.4, -0.2) is 46.3 Å². The van der Waals surface area contributed by atoms with Crippen LogP contribution in [0, 0.1) is 0 Å². The first-order chi connectivity index (χ1) is 9.48. The molecule has 0 bridgehead atoms. The topological polar surface area (TPSA) is 123 Å². The molecule has 1 aromatic carbocycles. The normalized spacial score (nSPS) is 12.1. The Kier molecular flexibility index (Phi) is 5.60. The number of anilines is 2. The molecule has 0 spiro atoms. The predicted octanol–water partition coefficient (Wildman–Crippen LogP) is 0.320. The van der Waals surface area contributed by atoms with Crippen LogP contribution in [0.15, 0.2) is 18.2 Å². The SMILES string of the molecule is CS(=O)(=O)CCS(=O)(=O)CC(=O)Nc1ccc(N)cc1Cl. The average molecular weight is 355 g/mol. The van der Waals surface area contributed by atoms with Gasteiger partial charge in [0.15, 0.2) is 9.84 Å². The maximum absolute atomic E-state index is 11.7. The molecule has 0 fully saturated rings. The highest BCUT2D eigenvalue weighted by molar-refractivity contribution is 7.95. The summed E-state index contributed by atoms with van der Waals surface area (Å²) in [6.07, 6.45) is 0.927. The van der Waals surface area contributed by atoms with Crippen LogP contribution in [0.25, 0.3) is 0 Å². The van der Waals surface area contributed by atoms with Crippen LogP contribution in [0.1, 0.15) is 0 Å². The monoisotopic (exact) mass is 354 g/mol. The first-order valence-corrected chi connectivity index (χ1v) is 9.97. The maximum Gasteiger partial charge on any atom is 0.239 e. The van der Waals surface area contributed by atoms with Crippen molar-refractivity contribution in [2.45, 2.75) is 0 Å².